The number of cyclic esters (lactones) is 1. The van der Waals surface area contributed by atoms with Crippen LogP contribution in [0.4, 0.5) is 0 Å². The number of nitrogens with zero attached hydrogens (tertiary/aromatic N) is 7. The summed E-state index contributed by atoms with van der Waals surface area (Å²) in [4.78, 5) is 33.8. The summed E-state index contributed by atoms with van der Waals surface area (Å²) in [7, 11) is 0. The summed E-state index contributed by atoms with van der Waals surface area (Å²) in [5.41, 5.74) is 3.62. The van der Waals surface area contributed by atoms with Crippen LogP contribution in [0, 0.1) is 0 Å². The molecule has 11 nitrogen and oxygen atoms in total. The Balaban J connectivity index is 1.05. The Bertz CT molecular complexity index is 1260. The molecule has 1 aromatic carbocycles. The Kier molecular flexibility index (Phi) is 5.94. The van der Waals surface area contributed by atoms with Crippen LogP contribution in [0.5, 0.6) is 0 Å². The zero-order chi connectivity index (χ0) is 24.6. The van der Waals surface area contributed by atoms with Gasteiger partial charge >= 0.3 is 5.97 Å². The maximum absolute atomic E-state index is 13.0. The first kappa shape index (κ1) is 22.7. The number of hydrogen-bond acceptors (Lipinski definition) is 9. The monoisotopic (exact) mass is 489 g/mol. The molecule has 3 aliphatic heterocycles. The fourth-order valence-electron chi connectivity index (χ4n) is 5.20. The Morgan fingerprint density at radius 2 is 2.08 bits per heavy atom. The van der Waals surface area contributed by atoms with Gasteiger partial charge in [-0.3, -0.25) is 9.69 Å². The van der Waals surface area contributed by atoms with E-state index >= 15 is 0 Å². The quantitative estimate of drug-likeness (QED) is 0.495. The van der Waals surface area contributed by atoms with E-state index in [1.165, 1.54) is 11.0 Å². The van der Waals surface area contributed by atoms with Crippen molar-refractivity contribution in [1.29, 1.82) is 0 Å². The van der Waals surface area contributed by atoms with E-state index in [2.05, 4.69) is 31.5 Å². The predicted octanol–water partition coefficient (Wildman–Crippen LogP) is 0.986. The highest BCUT2D eigenvalue weighted by Gasteiger charge is 2.36. The number of rotatable bonds is 4. The number of amides is 1. The van der Waals surface area contributed by atoms with Crippen LogP contribution in [0.3, 0.4) is 0 Å². The molecule has 3 aliphatic rings. The number of esters is 1. The normalized spacial score (nSPS) is 24.1. The predicted molar refractivity (Wildman–Crippen MR) is 126 cm³/mol. The molecule has 0 spiro atoms. The number of tetrazole rings is 1. The topological polar surface area (TPSA) is 116 Å². The molecule has 2 aromatic heterocycles. The largest absolute Gasteiger partial charge is 0.459 e. The van der Waals surface area contributed by atoms with E-state index in [1.54, 1.807) is 12.3 Å². The van der Waals surface area contributed by atoms with Crippen LogP contribution in [0.1, 0.15) is 40.1 Å². The molecular formula is C25H27N7O4. The Morgan fingerprint density at radius 3 is 2.89 bits per heavy atom. The third-order valence-corrected chi connectivity index (χ3v) is 7.13. The summed E-state index contributed by atoms with van der Waals surface area (Å²) in [5.74, 6) is 0.441. The van der Waals surface area contributed by atoms with Gasteiger partial charge in [0.15, 0.2) is 5.82 Å². The summed E-state index contributed by atoms with van der Waals surface area (Å²) in [6.07, 6.45) is 4.04. The van der Waals surface area contributed by atoms with Crippen molar-refractivity contribution in [1.82, 2.24) is 35.0 Å². The number of benzene rings is 1. The van der Waals surface area contributed by atoms with Gasteiger partial charge in [-0.15, -0.1) is 5.10 Å². The molecule has 186 valence electrons. The lowest BCUT2D eigenvalue weighted by molar-refractivity contribution is -0.139. The summed E-state index contributed by atoms with van der Waals surface area (Å²) in [6, 6.07) is 9.78. The molecule has 0 bridgehead atoms. The van der Waals surface area contributed by atoms with E-state index in [1.807, 2.05) is 30.0 Å². The molecule has 36 heavy (non-hydrogen) atoms. The van der Waals surface area contributed by atoms with Gasteiger partial charge in [-0.2, -0.15) is 4.68 Å². The van der Waals surface area contributed by atoms with Gasteiger partial charge in [0.2, 0.25) is 5.91 Å². The maximum Gasteiger partial charge on any atom is 0.338 e. The fraction of sp³-hybridized carbons (Fsp3) is 0.440. The molecule has 5 heterocycles. The van der Waals surface area contributed by atoms with E-state index in [-0.39, 0.29) is 30.1 Å². The van der Waals surface area contributed by atoms with Gasteiger partial charge in [0.05, 0.1) is 30.7 Å². The number of pyridine rings is 1. The third-order valence-electron chi connectivity index (χ3n) is 7.13. The first-order valence-electron chi connectivity index (χ1n) is 12.2. The van der Waals surface area contributed by atoms with Gasteiger partial charge in [0.1, 0.15) is 12.4 Å². The van der Waals surface area contributed by atoms with Crippen molar-refractivity contribution in [3.63, 3.8) is 0 Å². The third kappa shape index (κ3) is 4.47. The van der Waals surface area contributed by atoms with Gasteiger partial charge in [-0.05, 0) is 46.2 Å². The zero-order valence-electron chi connectivity index (χ0n) is 20.0. The molecule has 6 rings (SSSR count). The highest BCUT2D eigenvalue weighted by atomic mass is 16.5. The van der Waals surface area contributed by atoms with Crippen molar-refractivity contribution in [2.24, 2.45) is 0 Å². The van der Waals surface area contributed by atoms with Crippen molar-refractivity contribution in [3.8, 4) is 5.82 Å². The van der Waals surface area contributed by atoms with Gasteiger partial charge in [-0.1, -0.05) is 18.2 Å². The smallest absolute Gasteiger partial charge is 0.338 e. The van der Waals surface area contributed by atoms with Gasteiger partial charge < -0.3 is 14.4 Å². The minimum atomic E-state index is -0.250. The van der Waals surface area contributed by atoms with Crippen LogP contribution in [0.2, 0.25) is 0 Å². The Morgan fingerprint density at radius 1 is 1.17 bits per heavy atom. The van der Waals surface area contributed by atoms with Crippen molar-refractivity contribution < 1.29 is 19.1 Å². The average molecular weight is 490 g/mol. The number of carbonyl (C=O) groups excluding carboxylic acids is 2. The van der Waals surface area contributed by atoms with Crippen LogP contribution in [-0.4, -0.2) is 91.8 Å². The molecule has 0 unspecified atom stereocenters. The minimum Gasteiger partial charge on any atom is -0.459 e. The van der Waals surface area contributed by atoms with E-state index in [0.717, 1.165) is 36.2 Å². The summed E-state index contributed by atoms with van der Waals surface area (Å²) < 4.78 is 13.1. The lowest BCUT2D eigenvalue weighted by Crippen LogP contribution is -2.59. The molecule has 0 N–H and O–H groups in total. The highest BCUT2D eigenvalue weighted by molar-refractivity contribution is 5.92. The number of carbonyl (C=O) groups is 2. The number of aromatic nitrogens is 5. The van der Waals surface area contributed by atoms with Gasteiger partial charge in [0.25, 0.3) is 0 Å². The SMILES string of the molecule is C[C@H]1Cc2cc([C@H]3CN4CCN(C(=O)Cc5ccc(-n6cnnn6)nc5)C[C@H]4CO3)ccc2C(=O)O1. The lowest BCUT2D eigenvalue weighted by atomic mass is 9.94. The summed E-state index contributed by atoms with van der Waals surface area (Å²) in [5, 5.41) is 11.0. The van der Waals surface area contributed by atoms with Crippen molar-refractivity contribution in [2.75, 3.05) is 32.8 Å². The zero-order valence-corrected chi connectivity index (χ0v) is 20.0. The van der Waals surface area contributed by atoms with E-state index in [0.29, 0.717) is 37.5 Å². The molecule has 0 saturated carbocycles. The van der Waals surface area contributed by atoms with E-state index in [4.69, 9.17) is 9.47 Å². The van der Waals surface area contributed by atoms with Crippen LogP contribution in [-0.2, 0) is 27.1 Å². The first-order chi connectivity index (χ1) is 17.5. The van der Waals surface area contributed by atoms with Gasteiger partial charge in [-0.25, -0.2) is 9.78 Å². The summed E-state index contributed by atoms with van der Waals surface area (Å²) in [6.45, 7) is 5.39. The molecule has 1 amide bonds. The molecule has 2 saturated heterocycles. The number of morpholine rings is 1. The van der Waals surface area contributed by atoms with Crippen molar-refractivity contribution in [3.05, 3.63) is 65.1 Å². The minimum absolute atomic E-state index is 0.0492. The van der Waals surface area contributed by atoms with Crippen LogP contribution in [0.15, 0.2) is 42.9 Å². The Hall–Kier alpha value is -3.70. The van der Waals surface area contributed by atoms with E-state index in [9.17, 15) is 9.59 Å². The fourth-order valence-corrected chi connectivity index (χ4v) is 5.20. The molecule has 0 radical (unpaired) electrons. The molecular weight excluding hydrogens is 462 g/mol. The molecule has 3 aromatic rings. The van der Waals surface area contributed by atoms with Crippen LogP contribution >= 0.6 is 0 Å². The van der Waals surface area contributed by atoms with Gasteiger partial charge in [0, 0.05) is 38.8 Å². The average Bonchev–Trinajstić information content (AvgIpc) is 3.43. The van der Waals surface area contributed by atoms with E-state index < -0.39 is 0 Å². The maximum atomic E-state index is 13.0. The number of fused-ring (bicyclic) bond motifs is 2. The number of ether oxygens (including phenoxy) is 2. The second-order valence-corrected chi connectivity index (χ2v) is 9.60. The summed E-state index contributed by atoms with van der Waals surface area (Å²) >= 11 is 0. The van der Waals surface area contributed by atoms with Crippen LogP contribution in [0.25, 0.3) is 5.82 Å². The standard InChI is InChI=1S/C25H27N7O4/c1-16-8-19-10-18(3-4-21(19)25(34)36-16)22-13-30-6-7-31(12-20(30)14-35-22)24(33)9-17-2-5-23(26-11-17)32-15-27-28-29-32/h2-5,10-11,15-16,20,22H,6-9,12-14H2,1H3/t16-,20-,22+/m0/s1. The molecule has 0 aliphatic carbocycles. The van der Waals surface area contributed by atoms with Crippen molar-refractivity contribution in [2.45, 2.75) is 38.0 Å². The highest BCUT2D eigenvalue weighted by Crippen LogP contribution is 2.30. The second-order valence-electron chi connectivity index (χ2n) is 9.60. The van der Waals surface area contributed by atoms with Crippen LogP contribution < -0.4 is 0 Å². The first-order valence-corrected chi connectivity index (χ1v) is 12.2. The molecule has 3 atom stereocenters. The molecule has 11 heteroatoms. The lowest BCUT2D eigenvalue weighted by Gasteiger charge is -2.46. The van der Waals surface area contributed by atoms with Crippen molar-refractivity contribution >= 4 is 11.9 Å². The second kappa shape index (κ2) is 9.40. The number of hydrogen-bond donors (Lipinski definition) is 0. The number of piperazine rings is 1. The Labute approximate surface area is 208 Å². The molecule has 2 fully saturated rings.